The van der Waals surface area contributed by atoms with E-state index in [1.165, 1.54) is 0 Å². The highest BCUT2D eigenvalue weighted by atomic mass is 32.2. The second kappa shape index (κ2) is 6.81. The van der Waals surface area contributed by atoms with Crippen molar-refractivity contribution in [1.29, 1.82) is 0 Å². The SMILES string of the molecule is C[C@@H](C[S@](C)=O)N(C)Cc1ncc(-c2ccccc2)o1. The van der Waals surface area contributed by atoms with Crippen LogP contribution in [-0.4, -0.2) is 39.2 Å². The lowest BCUT2D eigenvalue weighted by Crippen LogP contribution is -2.32. The van der Waals surface area contributed by atoms with Gasteiger partial charge in [0, 0.05) is 34.4 Å². The molecular formula is C15H20N2O2S. The van der Waals surface area contributed by atoms with E-state index in [4.69, 9.17) is 4.42 Å². The number of rotatable bonds is 6. The van der Waals surface area contributed by atoms with E-state index < -0.39 is 10.8 Å². The van der Waals surface area contributed by atoms with Crippen LogP contribution < -0.4 is 0 Å². The second-order valence-corrected chi connectivity index (χ2v) is 6.47. The topological polar surface area (TPSA) is 46.3 Å². The van der Waals surface area contributed by atoms with Gasteiger partial charge in [-0.2, -0.15) is 0 Å². The number of hydrogen-bond acceptors (Lipinski definition) is 4. The van der Waals surface area contributed by atoms with Gasteiger partial charge in [-0.25, -0.2) is 4.98 Å². The molecule has 108 valence electrons. The first-order valence-corrected chi connectivity index (χ1v) is 8.29. The van der Waals surface area contributed by atoms with Gasteiger partial charge in [0.2, 0.25) is 5.89 Å². The molecule has 2 rings (SSSR count). The van der Waals surface area contributed by atoms with Crippen molar-refractivity contribution < 1.29 is 8.63 Å². The minimum absolute atomic E-state index is 0.230. The van der Waals surface area contributed by atoms with Crippen molar-refractivity contribution in [3.63, 3.8) is 0 Å². The molecule has 0 radical (unpaired) electrons. The van der Waals surface area contributed by atoms with Crippen LogP contribution in [-0.2, 0) is 17.3 Å². The summed E-state index contributed by atoms with van der Waals surface area (Å²) in [6, 6.07) is 10.1. The lowest BCUT2D eigenvalue weighted by Gasteiger charge is -2.22. The van der Waals surface area contributed by atoms with E-state index in [0.29, 0.717) is 18.2 Å². The molecule has 0 saturated heterocycles. The predicted octanol–water partition coefficient (Wildman–Crippen LogP) is 2.54. The van der Waals surface area contributed by atoms with Gasteiger partial charge in [0.05, 0.1) is 12.7 Å². The molecule has 5 heteroatoms. The fraction of sp³-hybridized carbons (Fsp3) is 0.400. The van der Waals surface area contributed by atoms with Gasteiger partial charge in [0.25, 0.3) is 0 Å². The molecule has 1 aromatic carbocycles. The molecule has 20 heavy (non-hydrogen) atoms. The molecule has 0 amide bonds. The molecule has 2 atom stereocenters. The van der Waals surface area contributed by atoms with E-state index in [1.54, 1.807) is 12.5 Å². The van der Waals surface area contributed by atoms with Gasteiger partial charge in [0.1, 0.15) is 0 Å². The highest BCUT2D eigenvalue weighted by Crippen LogP contribution is 2.20. The largest absolute Gasteiger partial charge is 0.439 e. The van der Waals surface area contributed by atoms with Crippen molar-refractivity contribution in [3.05, 3.63) is 42.4 Å². The maximum Gasteiger partial charge on any atom is 0.209 e. The third kappa shape index (κ3) is 4.02. The third-order valence-electron chi connectivity index (χ3n) is 3.22. The van der Waals surface area contributed by atoms with E-state index in [-0.39, 0.29) is 6.04 Å². The molecular weight excluding hydrogens is 272 g/mol. The first kappa shape index (κ1) is 14.9. The molecule has 1 heterocycles. The Kier molecular flexibility index (Phi) is 5.09. The number of aromatic nitrogens is 1. The van der Waals surface area contributed by atoms with E-state index in [2.05, 4.69) is 16.8 Å². The highest BCUT2D eigenvalue weighted by Gasteiger charge is 2.14. The summed E-state index contributed by atoms with van der Waals surface area (Å²) in [6.45, 7) is 2.67. The summed E-state index contributed by atoms with van der Waals surface area (Å²) in [5.41, 5.74) is 1.02. The minimum atomic E-state index is -0.791. The monoisotopic (exact) mass is 292 g/mol. The average molecular weight is 292 g/mol. The smallest absolute Gasteiger partial charge is 0.209 e. The standard InChI is InChI=1S/C15H20N2O2S/c1-12(11-20(3)18)17(2)10-15-16-9-14(19-15)13-7-5-4-6-8-13/h4-9,12H,10-11H2,1-3H3/t12-,20-/m0/s1. The van der Waals surface area contributed by atoms with Crippen molar-refractivity contribution >= 4 is 10.8 Å². The van der Waals surface area contributed by atoms with E-state index in [0.717, 1.165) is 11.3 Å². The van der Waals surface area contributed by atoms with Crippen LogP contribution in [0.2, 0.25) is 0 Å². The van der Waals surface area contributed by atoms with Crippen LogP contribution in [0.1, 0.15) is 12.8 Å². The summed E-state index contributed by atoms with van der Waals surface area (Å²) >= 11 is 0. The summed E-state index contributed by atoms with van der Waals surface area (Å²) in [6.07, 6.45) is 3.48. The molecule has 0 spiro atoms. The second-order valence-electron chi connectivity index (χ2n) is 4.99. The molecule has 4 nitrogen and oxygen atoms in total. The van der Waals surface area contributed by atoms with Crippen LogP contribution >= 0.6 is 0 Å². The normalized spacial score (nSPS) is 14.4. The van der Waals surface area contributed by atoms with Gasteiger partial charge in [0.15, 0.2) is 5.76 Å². The van der Waals surface area contributed by atoms with Crippen LogP contribution in [0, 0.1) is 0 Å². The molecule has 0 unspecified atom stereocenters. The summed E-state index contributed by atoms with van der Waals surface area (Å²) in [5, 5.41) is 0. The summed E-state index contributed by atoms with van der Waals surface area (Å²) in [7, 11) is 1.20. The van der Waals surface area contributed by atoms with Crippen molar-refractivity contribution in [2.45, 2.75) is 19.5 Å². The molecule has 0 bridgehead atoms. The van der Waals surface area contributed by atoms with E-state index in [1.807, 2.05) is 37.4 Å². The van der Waals surface area contributed by atoms with Crippen LogP contribution in [0.5, 0.6) is 0 Å². The maximum absolute atomic E-state index is 11.2. The number of oxazole rings is 1. The van der Waals surface area contributed by atoms with Crippen molar-refractivity contribution in [2.75, 3.05) is 19.1 Å². The Balaban J connectivity index is 2.01. The Morgan fingerprint density at radius 2 is 2.05 bits per heavy atom. The zero-order chi connectivity index (χ0) is 14.5. The Morgan fingerprint density at radius 3 is 2.70 bits per heavy atom. The van der Waals surface area contributed by atoms with Gasteiger partial charge in [-0.05, 0) is 14.0 Å². The Bertz CT molecular complexity index is 568. The quantitative estimate of drug-likeness (QED) is 0.821. The van der Waals surface area contributed by atoms with Crippen molar-refractivity contribution in [3.8, 4) is 11.3 Å². The summed E-state index contributed by atoms with van der Waals surface area (Å²) in [5.74, 6) is 2.11. The zero-order valence-corrected chi connectivity index (χ0v) is 12.9. The van der Waals surface area contributed by atoms with Crippen LogP contribution in [0.25, 0.3) is 11.3 Å². The molecule has 0 fully saturated rings. The highest BCUT2D eigenvalue weighted by molar-refractivity contribution is 7.84. The van der Waals surface area contributed by atoms with Gasteiger partial charge in [-0.3, -0.25) is 9.11 Å². The van der Waals surface area contributed by atoms with Crippen molar-refractivity contribution in [2.24, 2.45) is 0 Å². The van der Waals surface area contributed by atoms with Gasteiger partial charge in [-0.1, -0.05) is 30.3 Å². The Morgan fingerprint density at radius 1 is 1.35 bits per heavy atom. The number of hydrogen-bond donors (Lipinski definition) is 0. The molecule has 1 aromatic heterocycles. The van der Waals surface area contributed by atoms with E-state index >= 15 is 0 Å². The zero-order valence-electron chi connectivity index (χ0n) is 12.1. The summed E-state index contributed by atoms with van der Waals surface area (Å²) < 4.78 is 17.0. The van der Waals surface area contributed by atoms with Gasteiger partial charge in [-0.15, -0.1) is 0 Å². The number of nitrogens with zero attached hydrogens (tertiary/aromatic N) is 2. The molecule has 0 aliphatic heterocycles. The fourth-order valence-corrected chi connectivity index (χ4v) is 2.89. The molecule has 2 aromatic rings. The minimum Gasteiger partial charge on any atom is -0.439 e. The first-order valence-electron chi connectivity index (χ1n) is 6.56. The molecule has 0 aliphatic rings. The maximum atomic E-state index is 11.2. The lowest BCUT2D eigenvalue weighted by molar-refractivity contribution is 0.242. The molecule has 0 saturated carbocycles. The number of benzene rings is 1. The Labute approximate surface area is 122 Å². The van der Waals surface area contributed by atoms with Crippen LogP contribution in [0.15, 0.2) is 40.9 Å². The lowest BCUT2D eigenvalue weighted by atomic mass is 10.2. The predicted molar refractivity (Wildman–Crippen MR) is 81.8 cm³/mol. The molecule has 0 N–H and O–H groups in total. The van der Waals surface area contributed by atoms with Crippen molar-refractivity contribution in [1.82, 2.24) is 9.88 Å². The van der Waals surface area contributed by atoms with Crippen LogP contribution in [0.3, 0.4) is 0 Å². The average Bonchev–Trinajstić information content (AvgIpc) is 2.87. The van der Waals surface area contributed by atoms with Gasteiger partial charge < -0.3 is 4.42 Å². The first-order chi connectivity index (χ1) is 9.56. The molecule has 0 aliphatic carbocycles. The Hall–Kier alpha value is -1.46. The fourth-order valence-electron chi connectivity index (χ4n) is 1.96. The third-order valence-corrected chi connectivity index (χ3v) is 4.18. The van der Waals surface area contributed by atoms with Gasteiger partial charge >= 0.3 is 0 Å². The van der Waals surface area contributed by atoms with E-state index in [9.17, 15) is 4.21 Å². The van der Waals surface area contributed by atoms with Crippen LogP contribution in [0.4, 0.5) is 0 Å². The summed E-state index contributed by atoms with van der Waals surface area (Å²) in [4.78, 5) is 6.41.